The van der Waals surface area contributed by atoms with Crippen LogP contribution in [-0.2, 0) is 0 Å². The Labute approximate surface area is 104 Å². The van der Waals surface area contributed by atoms with Crippen molar-refractivity contribution in [1.82, 2.24) is 14.1 Å². The standard InChI is InChI=1S/C9H17N3O2S2/c1-15-4-2-3-10-5-8(13)7-14-9-6-11-16-12-9/h6,8,10,13H,2-5,7H2,1H3. The number of aromatic nitrogens is 2. The maximum absolute atomic E-state index is 9.57. The molecular weight excluding hydrogens is 246 g/mol. The van der Waals surface area contributed by atoms with Gasteiger partial charge in [0, 0.05) is 6.54 Å². The lowest BCUT2D eigenvalue weighted by molar-refractivity contribution is 0.104. The molecule has 7 heteroatoms. The topological polar surface area (TPSA) is 67.3 Å². The third kappa shape index (κ3) is 6.26. The third-order valence-corrected chi connectivity index (χ3v) is 3.00. The molecule has 1 rings (SSSR count). The van der Waals surface area contributed by atoms with E-state index in [1.165, 1.54) is 0 Å². The number of ether oxygens (including phenoxy) is 1. The lowest BCUT2D eigenvalue weighted by Gasteiger charge is -2.11. The van der Waals surface area contributed by atoms with Crippen molar-refractivity contribution in [2.24, 2.45) is 0 Å². The van der Waals surface area contributed by atoms with Gasteiger partial charge in [-0.15, -0.1) is 4.37 Å². The SMILES string of the molecule is CSCCCNCC(O)COc1cnsn1. The number of thioether (sulfide) groups is 1. The molecule has 1 aromatic rings. The van der Waals surface area contributed by atoms with E-state index in [1.807, 2.05) is 11.8 Å². The second kappa shape index (κ2) is 8.74. The van der Waals surface area contributed by atoms with Crippen LogP contribution in [0.5, 0.6) is 5.88 Å². The van der Waals surface area contributed by atoms with Crippen molar-refractivity contribution in [3.63, 3.8) is 0 Å². The first-order chi connectivity index (χ1) is 7.83. The van der Waals surface area contributed by atoms with E-state index in [2.05, 4.69) is 20.3 Å². The molecule has 2 N–H and O–H groups in total. The van der Waals surface area contributed by atoms with E-state index in [0.717, 1.165) is 30.4 Å². The van der Waals surface area contributed by atoms with E-state index in [1.54, 1.807) is 6.20 Å². The van der Waals surface area contributed by atoms with Crippen LogP contribution in [-0.4, -0.2) is 51.7 Å². The Kier molecular flexibility index (Phi) is 7.48. The van der Waals surface area contributed by atoms with Crippen LogP contribution in [0.25, 0.3) is 0 Å². The van der Waals surface area contributed by atoms with E-state index in [9.17, 15) is 5.11 Å². The molecule has 1 unspecified atom stereocenters. The zero-order chi connectivity index (χ0) is 11.6. The van der Waals surface area contributed by atoms with Crippen molar-refractivity contribution in [2.75, 3.05) is 31.7 Å². The van der Waals surface area contributed by atoms with Crippen LogP contribution in [0.4, 0.5) is 0 Å². The highest BCUT2D eigenvalue weighted by Crippen LogP contribution is 2.04. The van der Waals surface area contributed by atoms with E-state index >= 15 is 0 Å². The number of nitrogens with zero attached hydrogens (tertiary/aromatic N) is 2. The number of aliphatic hydroxyl groups is 1. The quantitative estimate of drug-likeness (QED) is 0.637. The first kappa shape index (κ1) is 13.7. The summed E-state index contributed by atoms with van der Waals surface area (Å²) in [6.07, 6.45) is 4.24. The van der Waals surface area contributed by atoms with Crippen LogP contribution in [0.3, 0.4) is 0 Å². The first-order valence-corrected chi connectivity index (χ1v) is 7.23. The molecule has 0 aromatic carbocycles. The molecule has 0 saturated heterocycles. The minimum Gasteiger partial charge on any atom is -0.473 e. The number of hydrogen-bond acceptors (Lipinski definition) is 7. The van der Waals surface area contributed by atoms with Crippen LogP contribution in [0, 0.1) is 0 Å². The number of aliphatic hydroxyl groups excluding tert-OH is 1. The van der Waals surface area contributed by atoms with Crippen molar-refractivity contribution >= 4 is 23.5 Å². The number of hydrogen-bond donors (Lipinski definition) is 2. The summed E-state index contributed by atoms with van der Waals surface area (Å²) in [4.78, 5) is 0. The minimum absolute atomic E-state index is 0.251. The fourth-order valence-electron chi connectivity index (χ4n) is 1.07. The molecule has 5 nitrogen and oxygen atoms in total. The van der Waals surface area contributed by atoms with Crippen LogP contribution in [0.1, 0.15) is 6.42 Å². The zero-order valence-corrected chi connectivity index (χ0v) is 10.9. The molecule has 1 atom stereocenters. The predicted octanol–water partition coefficient (Wildman–Crippen LogP) is 0.620. The Morgan fingerprint density at radius 1 is 1.69 bits per heavy atom. The summed E-state index contributed by atoms with van der Waals surface area (Å²) in [5.74, 6) is 1.62. The highest BCUT2D eigenvalue weighted by atomic mass is 32.2. The van der Waals surface area contributed by atoms with Gasteiger partial charge in [-0.3, -0.25) is 0 Å². The van der Waals surface area contributed by atoms with Gasteiger partial charge in [0.2, 0.25) is 5.88 Å². The molecule has 0 radical (unpaired) electrons. The molecular formula is C9H17N3O2S2. The average molecular weight is 263 g/mol. The summed E-state index contributed by atoms with van der Waals surface area (Å²) in [6.45, 7) is 1.73. The molecule has 0 aliphatic heterocycles. The fourth-order valence-corrected chi connectivity index (χ4v) is 1.87. The van der Waals surface area contributed by atoms with Crippen molar-refractivity contribution in [3.8, 4) is 5.88 Å². The van der Waals surface area contributed by atoms with Gasteiger partial charge in [0.15, 0.2) is 0 Å². The molecule has 0 aliphatic carbocycles. The lowest BCUT2D eigenvalue weighted by atomic mass is 10.3. The second-order valence-corrected chi connectivity index (χ2v) is 4.80. The molecule has 92 valence electrons. The Morgan fingerprint density at radius 3 is 3.25 bits per heavy atom. The monoisotopic (exact) mass is 263 g/mol. The Hall–Kier alpha value is -0.370. The summed E-state index contributed by atoms with van der Waals surface area (Å²) in [5.41, 5.74) is 0. The zero-order valence-electron chi connectivity index (χ0n) is 9.26. The smallest absolute Gasteiger partial charge is 0.245 e. The normalized spacial score (nSPS) is 12.6. The molecule has 1 heterocycles. The molecule has 1 aromatic heterocycles. The maximum atomic E-state index is 9.57. The van der Waals surface area contributed by atoms with Gasteiger partial charge in [-0.1, -0.05) is 0 Å². The van der Waals surface area contributed by atoms with Crippen LogP contribution < -0.4 is 10.1 Å². The van der Waals surface area contributed by atoms with Gasteiger partial charge in [0.25, 0.3) is 0 Å². The molecule has 0 bridgehead atoms. The summed E-state index contributed by atoms with van der Waals surface area (Å²) in [7, 11) is 0. The van der Waals surface area contributed by atoms with Crippen molar-refractivity contribution in [3.05, 3.63) is 6.20 Å². The second-order valence-electron chi connectivity index (χ2n) is 3.26. The molecule has 0 fully saturated rings. The molecule has 0 aliphatic rings. The number of nitrogens with one attached hydrogen (secondary N) is 1. The Bertz CT molecular complexity index is 259. The van der Waals surface area contributed by atoms with E-state index < -0.39 is 6.10 Å². The largest absolute Gasteiger partial charge is 0.473 e. The summed E-state index contributed by atoms with van der Waals surface area (Å²) < 4.78 is 12.9. The summed E-state index contributed by atoms with van der Waals surface area (Å²) in [5, 5.41) is 12.7. The first-order valence-electron chi connectivity index (χ1n) is 5.11. The van der Waals surface area contributed by atoms with Crippen molar-refractivity contribution in [2.45, 2.75) is 12.5 Å². The van der Waals surface area contributed by atoms with Gasteiger partial charge in [-0.25, -0.2) is 0 Å². The fraction of sp³-hybridized carbons (Fsp3) is 0.778. The highest BCUT2D eigenvalue weighted by Gasteiger charge is 2.05. The Balaban J connectivity index is 1.96. The lowest BCUT2D eigenvalue weighted by Crippen LogP contribution is -2.32. The van der Waals surface area contributed by atoms with Crippen molar-refractivity contribution < 1.29 is 9.84 Å². The van der Waals surface area contributed by atoms with Crippen LogP contribution in [0.2, 0.25) is 0 Å². The number of rotatable bonds is 9. The van der Waals surface area contributed by atoms with E-state index in [4.69, 9.17) is 4.74 Å². The molecule has 0 spiro atoms. The highest BCUT2D eigenvalue weighted by molar-refractivity contribution is 7.98. The maximum Gasteiger partial charge on any atom is 0.245 e. The molecule has 16 heavy (non-hydrogen) atoms. The van der Waals surface area contributed by atoms with Gasteiger partial charge >= 0.3 is 0 Å². The van der Waals surface area contributed by atoms with Gasteiger partial charge in [-0.2, -0.15) is 16.1 Å². The molecule has 0 amide bonds. The van der Waals surface area contributed by atoms with E-state index in [-0.39, 0.29) is 6.61 Å². The van der Waals surface area contributed by atoms with Gasteiger partial charge in [-0.05, 0) is 25.0 Å². The van der Waals surface area contributed by atoms with Crippen LogP contribution in [0.15, 0.2) is 6.20 Å². The molecule has 0 saturated carbocycles. The summed E-state index contributed by atoms with van der Waals surface area (Å²) >= 11 is 2.92. The summed E-state index contributed by atoms with van der Waals surface area (Å²) in [6, 6.07) is 0. The third-order valence-electron chi connectivity index (χ3n) is 1.85. The van der Waals surface area contributed by atoms with E-state index in [0.29, 0.717) is 12.4 Å². The Morgan fingerprint density at radius 2 is 2.56 bits per heavy atom. The van der Waals surface area contributed by atoms with Crippen molar-refractivity contribution in [1.29, 1.82) is 0 Å². The van der Waals surface area contributed by atoms with Crippen LogP contribution >= 0.6 is 23.5 Å². The van der Waals surface area contributed by atoms with Gasteiger partial charge < -0.3 is 15.2 Å². The van der Waals surface area contributed by atoms with Gasteiger partial charge in [0.05, 0.1) is 11.7 Å². The minimum atomic E-state index is -0.504. The predicted molar refractivity (Wildman–Crippen MR) is 67.3 cm³/mol. The van der Waals surface area contributed by atoms with Gasteiger partial charge in [0.1, 0.15) is 18.9 Å². The average Bonchev–Trinajstić information content (AvgIpc) is 2.79.